The fourth-order valence-electron chi connectivity index (χ4n) is 3.03. The number of nitrogens with one attached hydrogen (secondary N) is 1. The quantitative estimate of drug-likeness (QED) is 0.778. The van der Waals surface area contributed by atoms with Gasteiger partial charge in [0.25, 0.3) is 11.9 Å². The first-order valence-corrected chi connectivity index (χ1v) is 8.58. The van der Waals surface area contributed by atoms with Crippen molar-refractivity contribution in [2.24, 2.45) is 7.05 Å². The third-order valence-corrected chi connectivity index (χ3v) is 4.62. The van der Waals surface area contributed by atoms with Gasteiger partial charge in [0.05, 0.1) is 0 Å². The lowest BCUT2D eigenvalue weighted by atomic mass is 10.1. The highest BCUT2D eigenvalue weighted by molar-refractivity contribution is 6.31. The summed E-state index contributed by atoms with van der Waals surface area (Å²) in [5.41, 5.74) is 1.93. The number of hydrogen-bond donors (Lipinski definition) is 1. The van der Waals surface area contributed by atoms with Gasteiger partial charge < -0.3 is 14.6 Å². The summed E-state index contributed by atoms with van der Waals surface area (Å²) in [6.45, 7) is 1.54. The average molecular weight is 360 g/mol. The minimum absolute atomic E-state index is 0.129. The van der Waals surface area contributed by atoms with Crippen molar-refractivity contribution in [3.8, 4) is 0 Å². The van der Waals surface area contributed by atoms with Crippen molar-refractivity contribution in [1.82, 2.24) is 20.1 Å². The van der Waals surface area contributed by atoms with E-state index in [1.165, 1.54) is 0 Å². The van der Waals surface area contributed by atoms with E-state index in [4.69, 9.17) is 16.0 Å². The van der Waals surface area contributed by atoms with Crippen molar-refractivity contribution >= 4 is 34.6 Å². The number of amides is 1. The van der Waals surface area contributed by atoms with Crippen molar-refractivity contribution in [2.75, 3.05) is 18.0 Å². The van der Waals surface area contributed by atoms with Crippen LogP contribution in [0.4, 0.5) is 6.01 Å². The molecular weight excluding hydrogens is 342 g/mol. The first kappa shape index (κ1) is 16.0. The van der Waals surface area contributed by atoms with Crippen molar-refractivity contribution in [1.29, 1.82) is 0 Å². The number of carbonyl (C=O) groups is 1. The van der Waals surface area contributed by atoms with Gasteiger partial charge in [0.15, 0.2) is 5.58 Å². The van der Waals surface area contributed by atoms with Crippen LogP contribution in [-0.2, 0) is 7.05 Å². The van der Waals surface area contributed by atoms with Crippen LogP contribution >= 0.6 is 11.6 Å². The Morgan fingerprint density at radius 2 is 2.12 bits per heavy atom. The van der Waals surface area contributed by atoms with Gasteiger partial charge in [-0.3, -0.25) is 9.48 Å². The first-order chi connectivity index (χ1) is 12.1. The van der Waals surface area contributed by atoms with Gasteiger partial charge in [-0.25, -0.2) is 0 Å². The molecule has 130 valence electrons. The maximum absolute atomic E-state index is 12.2. The molecule has 4 rings (SSSR count). The third-order valence-electron chi connectivity index (χ3n) is 4.39. The van der Waals surface area contributed by atoms with Crippen LogP contribution in [-0.4, -0.2) is 39.8 Å². The topological polar surface area (TPSA) is 76.2 Å². The van der Waals surface area contributed by atoms with Gasteiger partial charge in [-0.1, -0.05) is 11.6 Å². The van der Waals surface area contributed by atoms with Crippen LogP contribution in [0.5, 0.6) is 0 Å². The molecule has 0 aliphatic carbocycles. The second kappa shape index (κ2) is 6.40. The highest BCUT2D eigenvalue weighted by Crippen LogP contribution is 2.26. The molecule has 8 heteroatoms. The van der Waals surface area contributed by atoms with Gasteiger partial charge in [0.1, 0.15) is 11.2 Å². The Morgan fingerprint density at radius 3 is 2.84 bits per heavy atom. The number of fused-ring (bicyclic) bond motifs is 1. The largest absolute Gasteiger partial charge is 0.423 e. The van der Waals surface area contributed by atoms with Crippen LogP contribution in [0, 0.1) is 0 Å². The van der Waals surface area contributed by atoms with Crippen LogP contribution in [0.15, 0.2) is 34.9 Å². The number of aromatic nitrogens is 3. The Balaban J connectivity index is 1.38. The zero-order valence-corrected chi connectivity index (χ0v) is 14.5. The Labute approximate surface area is 149 Å². The third kappa shape index (κ3) is 3.32. The van der Waals surface area contributed by atoms with Gasteiger partial charge in [-0.2, -0.15) is 10.1 Å². The molecule has 7 nitrogen and oxygen atoms in total. The highest BCUT2D eigenvalue weighted by atomic mass is 35.5. The molecule has 25 heavy (non-hydrogen) atoms. The number of anilines is 1. The summed E-state index contributed by atoms with van der Waals surface area (Å²) < 4.78 is 7.43. The number of oxazole rings is 1. The molecule has 1 amide bonds. The maximum Gasteiger partial charge on any atom is 0.298 e. The fourth-order valence-corrected chi connectivity index (χ4v) is 3.20. The Bertz CT molecular complexity index is 911. The number of halogens is 1. The summed E-state index contributed by atoms with van der Waals surface area (Å²) in [6.07, 6.45) is 3.42. The summed E-state index contributed by atoms with van der Waals surface area (Å²) in [5, 5.41) is 7.82. The molecule has 1 N–H and O–H groups in total. The van der Waals surface area contributed by atoms with E-state index in [1.54, 1.807) is 36.1 Å². The average Bonchev–Trinajstić information content (AvgIpc) is 3.21. The van der Waals surface area contributed by atoms with Crippen LogP contribution in [0.25, 0.3) is 11.1 Å². The van der Waals surface area contributed by atoms with E-state index >= 15 is 0 Å². The standard InChI is InChI=1S/C17H18ClN5O2/c1-22-7-6-13(21-22)16(24)19-12-4-8-23(9-5-12)17-20-14-10-11(18)2-3-15(14)25-17/h2-3,6-7,10,12H,4-5,8-9H2,1H3,(H,19,24). The van der Waals surface area contributed by atoms with E-state index in [9.17, 15) is 4.79 Å². The van der Waals surface area contributed by atoms with E-state index in [-0.39, 0.29) is 11.9 Å². The van der Waals surface area contributed by atoms with E-state index in [2.05, 4.69) is 20.3 Å². The van der Waals surface area contributed by atoms with E-state index < -0.39 is 0 Å². The molecule has 2 aromatic heterocycles. The van der Waals surface area contributed by atoms with E-state index in [0.717, 1.165) is 37.0 Å². The minimum Gasteiger partial charge on any atom is -0.423 e. The van der Waals surface area contributed by atoms with Gasteiger partial charge in [0.2, 0.25) is 0 Å². The van der Waals surface area contributed by atoms with Crippen LogP contribution in [0.1, 0.15) is 23.3 Å². The second-order valence-electron chi connectivity index (χ2n) is 6.22. The summed E-state index contributed by atoms with van der Waals surface area (Å²) in [5.74, 6) is -0.129. The van der Waals surface area contributed by atoms with Gasteiger partial charge in [-0.15, -0.1) is 0 Å². The van der Waals surface area contributed by atoms with Crippen LogP contribution in [0.3, 0.4) is 0 Å². The smallest absolute Gasteiger partial charge is 0.298 e. The first-order valence-electron chi connectivity index (χ1n) is 8.20. The lowest BCUT2D eigenvalue weighted by Crippen LogP contribution is -2.45. The number of carbonyl (C=O) groups excluding carboxylic acids is 1. The Kier molecular flexibility index (Phi) is 4.09. The van der Waals surface area contributed by atoms with Gasteiger partial charge >= 0.3 is 0 Å². The van der Waals surface area contributed by atoms with Gasteiger partial charge in [0, 0.05) is 37.4 Å². The molecule has 0 bridgehead atoms. The predicted octanol–water partition coefficient (Wildman–Crippen LogP) is 2.61. The minimum atomic E-state index is -0.129. The van der Waals surface area contributed by atoms with Crippen molar-refractivity contribution in [3.05, 3.63) is 41.2 Å². The maximum atomic E-state index is 12.2. The van der Waals surface area contributed by atoms with Crippen LogP contribution < -0.4 is 10.2 Å². The summed E-state index contributed by atoms with van der Waals surface area (Å²) in [4.78, 5) is 18.8. The molecule has 0 spiro atoms. The molecule has 0 radical (unpaired) electrons. The van der Waals surface area contributed by atoms with Crippen molar-refractivity contribution in [3.63, 3.8) is 0 Å². The molecule has 3 heterocycles. The lowest BCUT2D eigenvalue weighted by molar-refractivity contribution is 0.0925. The molecule has 1 fully saturated rings. The molecule has 1 aliphatic heterocycles. The summed E-state index contributed by atoms with van der Waals surface area (Å²) in [7, 11) is 1.79. The highest BCUT2D eigenvalue weighted by Gasteiger charge is 2.24. The number of benzene rings is 1. The van der Waals surface area contributed by atoms with Crippen LogP contribution in [0.2, 0.25) is 5.02 Å². The monoisotopic (exact) mass is 359 g/mol. The van der Waals surface area contributed by atoms with E-state index in [0.29, 0.717) is 16.7 Å². The lowest BCUT2D eigenvalue weighted by Gasteiger charge is -2.31. The zero-order chi connectivity index (χ0) is 17.4. The molecule has 1 aliphatic rings. The number of piperidine rings is 1. The zero-order valence-electron chi connectivity index (χ0n) is 13.8. The molecular formula is C17H18ClN5O2. The number of rotatable bonds is 3. The SMILES string of the molecule is Cn1ccc(C(=O)NC2CCN(c3nc4cc(Cl)ccc4o3)CC2)n1. The summed E-state index contributed by atoms with van der Waals surface area (Å²) >= 11 is 5.99. The van der Waals surface area contributed by atoms with Crippen molar-refractivity contribution in [2.45, 2.75) is 18.9 Å². The second-order valence-corrected chi connectivity index (χ2v) is 6.65. The molecule has 3 aromatic rings. The summed E-state index contributed by atoms with van der Waals surface area (Å²) in [6, 6.07) is 7.86. The van der Waals surface area contributed by atoms with Gasteiger partial charge in [-0.05, 0) is 37.1 Å². The molecule has 0 saturated carbocycles. The number of aryl methyl sites for hydroxylation is 1. The fraction of sp³-hybridized carbons (Fsp3) is 0.353. The normalized spacial score (nSPS) is 15.7. The molecule has 0 atom stereocenters. The predicted molar refractivity (Wildman–Crippen MR) is 94.9 cm³/mol. The molecule has 1 saturated heterocycles. The Hall–Kier alpha value is -2.54. The number of hydrogen-bond acceptors (Lipinski definition) is 5. The Morgan fingerprint density at radius 1 is 1.32 bits per heavy atom. The molecule has 1 aromatic carbocycles. The molecule has 0 unspecified atom stereocenters. The van der Waals surface area contributed by atoms with Crippen molar-refractivity contribution < 1.29 is 9.21 Å². The van der Waals surface area contributed by atoms with E-state index in [1.807, 2.05) is 6.07 Å². The number of nitrogens with zero attached hydrogens (tertiary/aromatic N) is 4.